The zero-order valence-electron chi connectivity index (χ0n) is 13.6. The second kappa shape index (κ2) is 6.65. The van der Waals surface area contributed by atoms with Crippen LogP contribution in [0.3, 0.4) is 0 Å². The summed E-state index contributed by atoms with van der Waals surface area (Å²) in [6.45, 7) is 5.32. The third-order valence-electron chi connectivity index (χ3n) is 4.02. The average Bonchev–Trinajstić information content (AvgIpc) is 2.98. The maximum absolute atomic E-state index is 13.1. The van der Waals surface area contributed by atoms with Crippen molar-refractivity contribution < 1.29 is 4.79 Å². The molecule has 0 atom stereocenters. The SMILES string of the molecule is CCc1nc2ccccn2c1C(=O)N(CC)Cc1ccccc1. The van der Waals surface area contributed by atoms with Crippen LogP contribution in [0.15, 0.2) is 54.7 Å². The van der Waals surface area contributed by atoms with Gasteiger partial charge in [-0.05, 0) is 31.0 Å². The Kier molecular flexibility index (Phi) is 4.42. The Morgan fingerprint density at radius 2 is 1.83 bits per heavy atom. The van der Waals surface area contributed by atoms with Crippen LogP contribution in [0.25, 0.3) is 5.65 Å². The summed E-state index contributed by atoms with van der Waals surface area (Å²) in [6.07, 6.45) is 2.65. The van der Waals surface area contributed by atoms with Crippen LogP contribution in [0.4, 0.5) is 0 Å². The molecule has 0 radical (unpaired) electrons. The molecule has 0 spiro atoms. The maximum Gasteiger partial charge on any atom is 0.273 e. The predicted octanol–water partition coefficient (Wildman–Crippen LogP) is 3.56. The second-order valence-corrected chi connectivity index (χ2v) is 5.49. The highest BCUT2D eigenvalue weighted by molar-refractivity contribution is 5.94. The number of hydrogen-bond donors (Lipinski definition) is 0. The van der Waals surface area contributed by atoms with Gasteiger partial charge in [0.25, 0.3) is 5.91 Å². The molecule has 3 rings (SSSR count). The summed E-state index contributed by atoms with van der Waals surface area (Å²) in [5, 5.41) is 0. The Hall–Kier alpha value is -2.62. The van der Waals surface area contributed by atoms with E-state index in [9.17, 15) is 4.79 Å². The first kappa shape index (κ1) is 15.3. The van der Waals surface area contributed by atoms with Crippen molar-refractivity contribution in [1.29, 1.82) is 0 Å². The van der Waals surface area contributed by atoms with E-state index in [2.05, 4.69) is 4.98 Å². The Bertz CT molecular complexity index is 808. The standard InChI is InChI=1S/C19H21N3O/c1-3-16-18(22-13-9-8-12-17(22)20-16)19(23)21(4-2)14-15-10-6-5-7-11-15/h5-13H,3-4,14H2,1-2H3. The van der Waals surface area contributed by atoms with Gasteiger partial charge in [-0.25, -0.2) is 4.98 Å². The third-order valence-corrected chi connectivity index (χ3v) is 4.02. The van der Waals surface area contributed by atoms with Crippen LogP contribution in [-0.2, 0) is 13.0 Å². The van der Waals surface area contributed by atoms with Gasteiger partial charge in [0.15, 0.2) is 0 Å². The lowest BCUT2D eigenvalue weighted by molar-refractivity contribution is 0.0744. The molecule has 2 heterocycles. The number of fused-ring (bicyclic) bond motifs is 1. The highest BCUT2D eigenvalue weighted by Crippen LogP contribution is 2.17. The number of imidazole rings is 1. The van der Waals surface area contributed by atoms with E-state index in [0.29, 0.717) is 18.8 Å². The van der Waals surface area contributed by atoms with Crippen LogP contribution >= 0.6 is 0 Å². The molecule has 0 bridgehead atoms. The molecule has 0 aliphatic rings. The molecular weight excluding hydrogens is 286 g/mol. The second-order valence-electron chi connectivity index (χ2n) is 5.49. The zero-order chi connectivity index (χ0) is 16.2. The number of rotatable bonds is 5. The Morgan fingerprint density at radius 1 is 1.09 bits per heavy atom. The van der Waals surface area contributed by atoms with Crippen molar-refractivity contribution in [3.63, 3.8) is 0 Å². The molecule has 0 aliphatic heterocycles. The molecule has 0 fully saturated rings. The predicted molar refractivity (Wildman–Crippen MR) is 91.4 cm³/mol. The number of carbonyl (C=O) groups is 1. The van der Waals surface area contributed by atoms with Gasteiger partial charge in [0.1, 0.15) is 11.3 Å². The normalized spacial score (nSPS) is 10.9. The fourth-order valence-electron chi connectivity index (χ4n) is 2.80. The lowest BCUT2D eigenvalue weighted by atomic mass is 10.2. The fraction of sp³-hybridized carbons (Fsp3) is 0.263. The van der Waals surface area contributed by atoms with E-state index < -0.39 is 0 Å². The van der Waals surface area contributed by atoms with Crippen molar-refractivity contribution in [3.05, 3.63) is 71.7 Å². The van der Waals surface area contributed by atoms with Gasteiger partial charge < -0.3 is 4.90 Å². The Labute approximate surface area is 136 Å². The monoisotopic (exact) mass is 307 g/mol. The van der Waals surface area contributed by atoms with E-state index in [1.54, 1.807) is 0 Å². The first-order valence-corrected chi connectivity index (χ1v) is 8.03. The van der Waals surface area contributed by atoms with Gasteiger partial charge >= 0.3 is 0 Å². The molecule has 0 saturated carbocycles. The summed E-state index contributed by atoms with van der Waals surface area (Å²) in [7, 11) is 0. The number of pyridine rings is 1. The summed E-state index contributed by atoms with van der Waals surface area (Å²) >= 11 is 0. The molecule has 0 saturated heterocycles. The Morgan fingerprint density at radius 3 is 2.52 bits per heavy atom. The molecule has 0 unspecified atom stereocenters. The first-order chi connectivity index (χ1) is 11.2. The summed E-state index contributed by atoms with van der Waals surface area (Å²) < 4.78 is 1.90. The van der Waals surface area contributed by atoms with Crippen molar-refractivity contribution in [1.82, 2.24) is 14.3 Å². The Balaban J connectivity index is 1.98. The average molecular weight is 307 g/mol. The van der Waals surface area contributed by atoms with Gasteiger partial charge in [-0.3, -0.25) is 9.20 Å². The van der Waals surface area contributed by atoms with Gasteiger partial charge in [-0.1, -0.05) is 43.3 Å². The van der Waals surface area contributed by atoms with E-state index in [1.165, 1.54) is 0 Å². The van der Waals surface area contributed by atoms with E-state index in [-0.39, 0.29) is 5.91 Å². The lowest BCUT2D eigenvalue weighted by Crippen LogP contribution is -2.31. The van der Waals surface area contributed by atoms with Crippen molar-refractivity contribution >= 4 is 11.6 Å². The number of nitrogens with zero attached hydrogens (tertiary/aromatic N) is 3. The van der Waals surface area contributed by atoms with E-state index >= 15 is 0 Å². The van der Waals surface area contributed by atoms with Crippen molar-refractivity contribution in [2.45, 2.75) is 26.8 Å². The summed E-state index contributed by atoms with van der Waals surface area (Å²) in [4.78, 5) is 19.6. The van der Waals surface area contributed by atoms with Crippen LogP contribution < -0.4 is 0 Å². The molecule has 118 valence electrons. The van der Waals surface area contributed by atoms with Gasteiger partial charge in [0.2, 0.25) is 0 Å². The molecule has 4 nitrogen and oxygen atoms in total. The largest absolute Gasteiger partial charge is 0.333 e. The van der Waals surface area contributed by atoms with E-state index in [4.69, 9.17) is 0 Å². The minimum Gasteiger partial charge on any atom is -0.333 e. The number of aryl methyl sites for hydroxylation is 1. The number of hydrogen-bond acceptors (Lipinski definition) is 2. The quantitative estimate of drug-likeness (QED) is 0.723. The lowest BCUT2D eigenvalue weighted by Gasteiger charge is -2.21. The molecule has 0 N–H and O–H groups in total. The van der Waals surface area contributed by atoms with Crippen molar-refractivity contribution in [3.8, 4) is 0 Å². The summed E-state index contributed by atoms with van der Waals surface area (Å²) in [6, 6.07) is 15.9. The molecule has 4 heteroatoms. The highest BCUT2D eigenvalue weighted by atomic mass is 16.2. The molecule has 2 aromatic heterocycles. The minimum absolute atomic E-state index is 0.0342. The van der Waals surface area contributed by atoms with Gasteiger partial charge in [0.05, 0.1) is 5.69 Å². The van der Waals surface area contributed by atoms with Crippen molar-refractivity contribution in [2.75, 3.05) is 6.54 Å². The van der Waals surface area contributed by atoms with Gasteiger partial charge in [0, 0.05) is 19.3 Å². The van der Waals surface area contributed by atoms with E-state index in [1.807, 2.05) is 77.9 Å². The number of amides is 1. The van der Waals surface area contributed by atoms with Crippen LogP contribution in [0.5, 0.6) is 0 Å². The van der Waals surface area contributed by atoms with E-state index in [0.717, 1.165) is 23.3 Å². The smallest absolute Gasteiger partial charge is 0.273 e. The van der Waals surface area contributed by atoms with Gasteiger partial charge in [-0.2, -0.15) is 0 Å². The van der Waals surface area contributed by atoms with Crippen LogP contribution in [-0.4, -0.2) is 26.7 Å². The molecule has 1 amide bonds. The molecule has 23 heavy (non-hydrogen) atoms. The summed E-state index contributed by atoms with van der Waals surface area (Å²) in [5.74, 6) is 0.0342. The third kappa shape index (κ3) is 2.97. The molecule has 0 aliphatic carbocycles. The summed E-state index contributed by atoms with van der Waals surface area (Å²) in [5.41, 5.74) is 3.49. The first-order valence-electron chi connectivity index (χ1n) is 8.03. The number of aromatic nitrogens is 2. The van der Waals surface area contributed by atoms with Crippen LogP contribution in [0.2, 0.25) is 0 Å². The maximum atomic E-state index is 13.1. The molecular formula is C19H21N3O. The number of carbonyl (C=O) groups excluding carboxylic acids is 1. The number of benzene rings is 1. The van der Waals surface area contributed by atoms with Gasteiger partial charge in [-0.15, -0.1) is 0 Å². The van der Waals surface area contributed by atoms with Crippen molar-refractivity contribution in [2.24, 2.45) is 0 Å². The highest BCUT2D eigenvalue weighted by Gasteiger charge is 2.22. The topological polar surface area (TPSA) is 37.6 Å². The molecule has 3 aromatic rings. The minimum atomic E-state index is 0.0342. The van der Waals surface area contributed by atoms with Crippen LogP contribution in [0, 0.1) is 0 Å². The van der Waals surface area contributed by atoms with Crippen LogP contribution in [0.1, 0.15) is 35.6 Å². The zero-order valence-corrected chi connectivity index (χ0v) is 13.6. The fourth-order valence-corrected chi connectivity index (χ4v) is 2.80. The molecule has 1 aromatic carbocycles.